The van der Waals surface area contributed by atoms with E-state index < -0.39 is 0 Å². The third kappa shape index (κ3) is 2.86. The summed E-state index contributed by atoms with van der Waals surface area (Å²) in [6, 6.07) is 1.95. The average molecular weight is 274 g/mol. The lowest BCUT2D eigenvalue weighted by Crippen LogP contribution is -2.21. The lowest BCUT2D eigenvalue weighted by molar-refractivity contribution is 0.934. The maximum atomic E-state index is 5.96. The van der Waals surface area contributed by atoms with Crippen LogP contribution in [0.25, 0.3) is 11.0 Å². The molecule has 0 aromatic carbocycles. The molecule has 0 aliphatic heterocycles. The van der Waals surface area contributed by atoms with Crippen LogP contribution in [0, 0.1) is 13.8 Å². The molecule has 0 fully saturated rings. The molecule has 0 saturated heterocycles. The maximum Gasteiger partial charge on any atom is 0.227 e. The van der Waals surface area contributed by atoms with E-state index >= 15 is 0 Å². The number of nitrogens with zero attached hydrogens (tertiary/aromatic N) is 3. The molecule has 2 rings (SSSR count). The number of rotatable bonds is 4. The maximum absolute atomic E-state index is 5.96. The highest BCUT2D eigenvalue weighted by atomic mass is 15.2. The Morgan fingerprint density at radius 2 is 2.05 bits per heavy atom. The van der Waals surface area contributed by atoms with Crippen molar-refractivity contribution in [1.29, 1.82) is 0 Å². The quantitative estimate of drug-likeness (QED) is 0.384. The van der Waals surface area contributed by atoms with Gasteiger partial charge in [0.15, 0.2) is 5.65 Å². The van der Waals surface area contributed by atoms with Gasteiger partial charge in [0, 0.05) is 17.6 Å². The monoisotopic (exact) mass is 274 g/mol. The van der Waals surface area contributed by atoms with Crippen molar-refractivity contribution in [2.24, 2.45) is 11.6 Å². The van der Waals surface area contributed by atoms with Crippen molar-refractivity contribution in [3.05, 3.63) is 29.2 Å². The first-order valence-electron chi connectivity index (χ1n) is 6.07. The van der Waals surface area contributed by atoms with E-state index in [0.29, 0.717) is 29.7 Å². The highest BCUT2D eigenvalue weighted by molar-refractivity contribution is 5.89. The molecule has 0 amide bonds. The van der Waals surface area contributed by atoms with E-state index in [1.54, 1.807) is 0 Å². The number of pyridine rings is 1. The van der Waals surface area contributed by atoms with E-state index in [4.69, 9.17) is 17.3 Å². The van der Waals surface area contributed by atoms with Crippen LogP contribution in [0.2, 0.25) is 0 Å². The number of aromatic nitrogens is 3. The second-order valence-corrected chi connectivity index (χ2v) is 4.45. The number of nitrogen functional groups attached to an aromatic ring is 1. The van der Waals surface area contributed by atoms with Gasteiger partial charge in [0.2, 0.25) is 5.95 Å². The van der Waals surface area contributed by atoms with Gasteiger partial charge in [-0.25, -0.2) is 4.98 Å². The first-order valence-corrected chi connectivity index (χ1v) is 6.07. The van der Waals surface area contributed by atoms with Crippen LogP contribution >= 0.6 is 0 Å². The Hall–Kier alpha value is -2.61. The summed E-state index contributed by atoms with van der Waals surface area (Å²) in [6.07, 6.45) is 1.48. The summed E-state index contributed by atoms with van der Waals surface area (Å²) in [6.45, 7) is 4.21. The SMILES string of the molecule is Cc1cc(C)c2c(N)nc(NC/C(N)=C/NN)nc2n1. The fourth-order valence-electron chi connectivity index (χ4n) is 1.93. The smallest absolute Gasteiger partial charge is 0.227 e. The van der Waals surface area contributed by atoms with Crippen molar-refractivity contribution in [3.8, 4) is 0 Å². The Balaban J connectivity index is 2.35. The van der Waals surface area contributed by atoms with Gasteiger partial charge in [0.25, 0.3) is 0 Å². The lowest BCUT2D eigenvalue weighted by atomic mass is 10.1. The molecule has 0 spiro atoms. The molecular formula is C12H18N8. The van der Waals surface area contributed by atoms with E-state index in [1.165, 1.54) is 6.20 Å². The Morgan fingerprint density at radius 1 is 1.30 bits per heavy atom. The van der Waals surface area contributed by atoms with Gasteiger partial charge in [-0.2, -0.15) is 9.97 Å². The normalized spacial score (nSPS) is 11.7. The number of hydrogen-bond donors (Lipinski definition) is 5. The minimum atomic E-state index is 0.347. The van der Waals surface area contributed by atoms with Crippen LogP contribution in [0.1, 0.15) is 11.3 Å². The van der Waals surface area contributed by atoms with Crippen molar-refractivity contribution >= 4 is 22.8 Å². The second-order valence-electron chi connectivity index (χ2n) is 4.45. The molecule has 8 N–H and O–H groups in total. The van der Waals surface area contributed by atoms with Gasteiger partial charge in [-0.05, 0) is 25.5 Å². The second kappa shape index (κ2) is 5.57. The largest absolute Gasteiger partial charge is 0.399 e. The highest BCUT2D eigenvalue weighted by Crippen LogP contribution is 2.22. The average Bonchev–Trinajstić information content (AvgIpc) is 2.35. The standard InChI is InChI=1S/C12H18N8/c1-6-3-7(2)18-11-9(6)10(14)19-12(20-11)16-4-8(13)5-17-15/h3,5,17H,4,13,15H2,1-2H3,(H3,14,16,18,19,20)/b8-5-. The Kier molecular flexibility index (Phi) is 3.85. The summed E-state index contributed by atoms with van der Waals surface area (Å²) in [7, 11) is 0. The highest BCUT2D eigenvalue weighted by Gasteiger charge is 2.09. The summed E-state index contributed by atoms with van der Waals surface area (Å²) in [5.74, 6) is 5.90. The van der Waals surface area contributed by atoms with Crippen LogP contribution in [-0.4, -0.2) is 21.5 Å². The third-order valence-corrected chi connectivity index (χ3v) is 2.74. The molecule has 2 aromatic heterocycles. The molecular weight excluding hydrogens is 256 g/mol. The molecule has 2 aromatic rings. The molecule has 106 valence electrons. The van der Waals surface area contributed by atoms with Crippen molar-refractivity contribution < 1.29 is 0 Å². The third-order valence-electron chi connectivity index (χ3n) is 2.74. The summed E-state index contributed by atoms with van der Waals surface area (Å²) in [5.41, 5.74) is 17.0. The van der Waals surface area contributed by atoms with Gasteiger partial charge in [0.05, 0.1) is 11.9 Å². The molecule has 0 bridgehead atoms. The lowest BCUT2D eigenvalue weighted by Gasteiger charge is -2.09. The number of nitrogens with one attached hydrogen (secondary N) is 2. The number of fused-ring (bicyclic) bond motifs is 1. The van der Waals surface area contributed by atoms with Gasteiger partial charge < -0.3 is 22.2 Å². The van der Waals surface area contributed by atoms with Crippen LogP contribution in [0.15, 0.2) is 18.0 Å². The number of hydrazine groups is 1. The van der Waals surface area contributed by atoms with Crippen molar-refractivity contribution in [2.45, 2.75) is 13.8 Å². The van der Waals surface area contributed by atoms with Gasteiger partial charge in [-0.3, -0.25) is 5.84 Å². The van der Waals surface area contributed by atoms with Crippen LogP contribution < -0.4 is 28.1 Å². The van der Waals surface area contributed by atoms with Crippen molar-refractivity contribution in [3.63, 3.8) is 0 Å². The van der Waals surface area contributed by atoms with Crippen molar-refractivity contribution in [2.75, 3.05) is 17.6 Å². The van der Waals surface area contributed by atoms with Gasteiger partial charge in [-0.1, -0.05) is 0 Å². The number of aryl methyl sites for hydroxylation is 2. The summed E-state index contributed by atoms with van der Waals surface area (Å²) >= 11 is 0. The Labute approximate surface area is 116 Å². The van der Waals surface area contributed by atoms with E-state index in [-0.39, 0.29) is 0 Å². The number of nitrogens with two attached hydrogens (primary N) is 3. The molecule has 0 aliphatic rings. The predicted octanol–water partition coefficient (Wildman–Crippen LogP) is -0.101. The molecule has 0 aliphatic carbocycles. The molecule has 2 heterocycles. The zero-order chi connectivity index (χ0) is 14.7. The van der Waals surface area contributed by atoms with Gasteiger partial charge >= 0.3 is 0 Å². The predicted molar refractivity (Wildman–Crippen MR) is 79.3 cm³/mol. The first-order chi connectivity index (χ1) is 9.51. The Morgan fingerprint density at radius 3 is 2.75 bits per heavy atom. The van der Waals surface area contributed by atoms with Gasteiger partial charge in [0.1, 0.15) is 5.82 Å². The topological polar surface area (TPSA) is 141 Å². The van der Waals surface area contributed by atoms with Gasteiger partial charge in [-0.15, -0.1) is 0 Å². The van der Waals surface area contributed by atoms with Crippen LogP contribution in [0.4, 0.5) is 11.8 Å². The fraction of sp³-hybridized carbons (Fsp3) is 0.250. The Bertz CT molecular complexity index is 664. The fourth-order valence-corrected chi connectivity index (χ4v) is 1.93. The summed E-state index contributed by atoms with van der Waals surface area (Å²) in [5, 5.41) is 3.74. The number of anilines is 2. The molecule has 0 saturated carbocycles. The van der Waals surface area contributed by atoms with Crippen LogP contribution in [0.3, 0.4) is 0 Å². The molecule has 8 heteroatoms. The zero-order valence-electron chi connectivity index (χ0n) is 11.4. The minimum absolute atomic E-state index is 0.347. The van der Waals surface area contributed by atoms with Crippen LogP contribution in [0.5, 0.6) is 0 Å². The molecule has 8 nitrogen and oxygen atoms in total. The molecule has 20 heavy (non-hydrogen) atoms. The molecule has 0 unspecified atom stereocenters. The first kappa shape index (κ1) is 13.8. The summed E-state index contributed by atoms with van der Waals surface area (Å²) in [4.78, 5) is 12.9. The number of hydrogen-bond acceptors (Lipinski definition) is 8. The van der Waals surface area contributed by atoms with E-state index in [9.17, 15) is 0 Å². The van der Waals surface area contributed by atoms with E-state index in [2.05, 4.69) is 25.7 Å². The van der Waals surface area contributed by atoms with Crippen LogP contribution in [-0.2, 0) is 0 Å². The minimum Gasteiger partial charge on any atom is -0.399 e. The van der Waals surface area contributed by atoms with E-state index in [0.717, 1.165) is 16.6 Å². The zero-order valence-corrected chi connectivity index (χ0v) is 11.4. The molecule has 0 atom stereocenters. The molecule has 0 radical (unpaired) electrons. The van der Waals surface area contributed by atoms with Crippen molar-refractivity contribution in [1.82, 2.24) is 20.4 Å². The summed E-state index contributed by atoms with van der Waals surface area (Å²) < 4.78 is 0. The van der Waals surface area contributed by atoms with E-state index in [1.807, 2.05) is 19.9 Å².